The van der Waals surface area contributed by atoms with Gasteiger partial charge < -0.3 is 11.1 Å². The molecule has 156 valence electrons. The van der Waals surface area contributed by atoms with Crippen LogP contribution in [0.25, 0.3) is 0 Å². The van der Waals surface area contributed by atoms with Crippen LogP contribution in [0.1, 0.15) is 24.8 Å². The van der Waals surface area contributed by atoms with Crippen LogP contribution in [0.3, 0.4) is 0 Å². The fraction of sp³-hybridized carbons (Fsp3) is 0.632. The van der Waals surface area contributed by atoms with Crippen molar-refractivity contribution in [1.29, 1.82) is 0 Å². The van der Waals surface area contributed by atoms with Crippen molar-refractivity contribution in [2.75, 3.05) is 39.3 Å². The van der Waals surface area contributed by atoms with E-state index in [1.807, 2.05) is 0 Å². The average molecular weight is 440 g/mol. The molecule has 0 spiro atoms. The Balaban J connectivity index is 0.00000225. The van der Waals surface area contributed by atoms with Crippen LogP contribution >= 0.6 is 37.2 Å². The molecular formula is C19H33Cl3N4O. The van der Waals surface area contributed by atoms with Crippen molar-refractivity contribution < 1.29 is 4.79 Å². The van der Waals surface area contributed by atoms with Crippen LogP contribution in [0.4, 0.5) is 0 Å². The first-order valence-corrected chi connectivity index (χ1v) is 9.22. The second-order valence-electron chi connectivity index (χ2n) is 7.16. The monoisotopic (exact) mass is 438 g/mol. The molecule has 1 aromatic rings. The minimum absolute atomic E-state index is 0. The summed E-state index contributed by atoms with van der Waals surface area (Å²) in [7, 11) is 0. The van der Waals surface area contributed by atoms with Crippen LogP contribution in [-0.4, -0.2) is 61.0 Å². The summed E-state index contributed by atoms with van der Waals surface area (Å²) in [6.07, 6.45) is 2.79. The lowest BCUT2D eigenvalue weighted by molar-refractivity contribution is -0.124. The zero-order valence-corrected chi connectivity index (χ0v) is 18.2. The number of nitrogens with one attached hydrogen (secondary N) is 1. The van der Waals surface area contributed by atoms with E-state index in [-0.39, 0.29) is 55.1 Å². The molecule has 2 atom stereocenters. The van der Waals surface area contributed by atoms with Gasteiger partial charge in [0.2, 0.25) is 5.91 Å². The predicted octanol–water partition coefficient (Wildman–Crippen LogP) is 2.31. The first kappa shape index (κ1) is 26.4. The molecule has 1 aliphatic carbocycles. The highest BCUT2D eigenvalue weighted by Crippen LogP contribution is 2.23. The van der Waals surface area contributed by atoms with Crippen LogP contribution in [0.15, 0.2) is 30.3 Å². The van der Waals surface area contributed by atoms with Gasteiger partial charge in [0.1, 0.15) is 0 Å². The number of nitrogens with zero attached hydrogens (tertiary/aromatic N) is 2. The molecule has 27 heavy (non-hydrogen) atoms. The molecular weight excluding hydrogens is 407 g/mol. The highest BCUT2D eigenvalue weighted by molar-refractivity contribution is 5.86. The van der Waals surface area contributed by atoms with E-state index in [0.29, 0.717) is 0 Å². The summed E-state index contributed by atoms with van der Waals surface area (Å²) in [5.74, 6) is 0.341. The lowest BCUT2D eigenvalue weighted by Crippen LogP contribution is -2.48. The molecule has 1 amide bonds. The van der Waals surface area contributed by atoms with Crippen LogP contribution in [-0.2, 0) is 11.3 Å². The summed E-state index contributed by atoms with van der Waals surface area (Å²) in [5.41, 5.74) is 7.27. The number of carbonyl (C=O) groups is 1. The number of hydrogen-bond donors (Lipinski definition) is 2. The largest absolute Gasteiger partial charge is 0.355 e. The van der Waals surface area contributed by atoms with Crippen molar-refractivity contribution >= 4 is 43.1 Å². The van der Waals surface area contributed by atoms with Crippen molar-refractivity contribution in [3.05, 3.63) is 35.9 Å². The Morgan fingerprint density at radius 1 is 1.00 bits per heavy atom. The minimum atomic E-state index is 0. The predicted molar refractivity (Wildman–Crippen MR) is 118 cm³/mol. The van der Waals surface area contributed by atoms with Gasteiger partial charge in [-0.15, -0.1) is 37.2 Å². The topological polar surface area (TPSA) is 61.6 Å². The van der Waals surface area contributed by atoms with Gasteiger partial charge >= 0.3 is 0 Å². The number of nitrogens with two attached hydrogens (primary N) is 1. The number of rotatable bonds is 6. The quantitative estimate of drug-likeness (QED) is 0.714. The van der Waals surface area contributed by atoms with Gasteiger partial charge in [0.25, 0.3) is 0 Å². The molecule has 1 saturated carbocycles. The van der Waals surface area contributed by atoms with Crippen molar-refractivity contribution in [1.82, 2.24) is 15.1 Å². The minimum Gasteiger partial charge on any atom is -0.355 e. The van der Waals surface area contributed by atoms with Crippen LogP contribution in [0, 0.1) is 5.92 Å². The number of piperazine rings is 1. The van der Waals surface area contributed by atoms with Crippen molar-refractivity contribution in [3.63, 3.8) is 0 Å². The maximum absolute atomic E-state index is 12.1. The second-order valence-corrected chi connectivity index (χ2v) is 7.16. The molecule has 1 saturated heterocycles. The van der Waals surface area contributed by atoms with E-state index in [0.717, 1.165) is 65.1 Å². The highest BCUT2D eigenvalue weighted by Gasteiger charge is 2.27. The molecule has 2 unspecified atom stereocenters. The molecule has 5 nitrogen and oxygen atoms in total. The molecule has 0 bridgehead atoms. The van der Waals surface area contributed by atoms with Gasteiger partial charge in [0.05, 0.1) is 0 Å². The molecule has 2 fully saturated rings. The highest BCUT2D eigenvalue weighted by atomic mass is 35.5. The van der Waals surface area contributed by atoms with Crippen LogP contribution < -0.4 is 11.1 Å². The number of hydrogen-bond acceptors (Lipinski definition) is 4. The Labute approximate surface area is 181 Å². The lowest BCUT2D eigenvalue weighted by atomic mass is 10.1. The maximum Gasteiger partial charge on any atom is 0.223 e. The fourth-order valence-electron chi connectivity index (χ4n) is 3.75. The summed E-state index contributed by atoms with van der Waals surface area (Å²) in [5, 5.41) is 3.09. The molecule has 8 heteroatoms. The Morgan fingerprint density at radius 3 is 2.22 bits per heavy atom. The average Bonchev–Trinajstić information content (AvgIpc) is 3.04. The van der Waals surface area contributed by atoms with E-state index in [4.69, 9.17) is 5.73 Å². The summed E-state index contributed by atoms with van der Waals surface area (Å²) in [6.45, 7) is 7.09. The van der Waals surface area contributed by atoms with Gasteiger partial charge in [0, 0.05) is 57.8 Å². The van der Waals surface area contributed by atoms with Crippen molar-refractivity contribution in [3.8, 4) is 0 Å². The summed E-state index contributed by atoms with van der Waals surface area (Å²) in [6, 6.07) is 10.9. The van der Waals surface area contributed by atoms with Gasteiger partial charge in [-0.25, -0.2) is 0 Å². The Bertz CT molecular complexity index is 527. The molecule has 1 heterocycles. The van der Waals surface area contributed by atoms with E-state index >= 15 is 0 Å². The first-order valence-electron chi connectivity index (χ1n) is 9.22. The molecule has 0 aromatic heterocycles. The third kappa shape index (κ3) is 8.55. The Morgan fingerprint density at radius 2 is 1.63 bits per heavy atom. The van der Waals surface area contributed by atoms with E-state index in [1.165, 1.54) is 5.56 Å². The SMILES string of the molecule is Cl.Cl.Cl.NC1CCC(C(=O)NCCN2CCN(Cc3ccccc3)CC2)C1. The Kier molecular flexibility index (Phi) is 13.3. The lowest BCUT2D eigenvalue weighted by Gasteiger charge is -2.34. The van der Waals surface area contributed by atoms with Crippen LogP contribution in [0.5, 0.6) is 0 Å². The van der Waals surface area contributed by atoms with Crippen LogP contribution in [0.2, 0.25) is 0 Å². The summed E-state index contributed by atoms with van der Waals surface area (Å²) in [4.78, 5) is 17.0. The molecule has 1 aliphatic heterocycles. The van der Waals surface area contributed by atoms with E-state index in [2.05, 4.69) is 45.4 Å². The van der Waals surface area contributed by atoms with Gasteiger partial charge in [-0.05, 0) is 24.8 Å². The van der Waals surface area contributed by atoms with Gasteiger partial charge in [-0.1, -0.05) is 30.3 Å². The molecule has 3 N–H and O–H groups in total. The van der Waals surface area contributed by atoms with E-state index < -0.39 is 0 Å². The normalized spacial score (nSPS) is 22.9. The van der Waals surface area contributed by atoms with Gasteiger partial charge in [-0.3, -0.25) is 14.6 Å². The zero-order valence-electron chi connectivity index (χ0n) is 15.7. The van der Waals surface area contributed by atoms with Gasteiger partial charge in [0.15, 0.2) is 0 Å². The van der Waals surface area contributed by atoms with Crippen molar-refractivity contribution in [2.24, 2.45) is 11.7 Å². The number of carbonyl (C=O) groups excluding carboxylic acids is 1. The van der Waals surface area contributed by atoms with E-state index in [1.54, 1.807) is 0 Å². The fourth-order valence-corrected chi connectivity index (χ4v) is 3.75. The summed E-state index contributed by atoms with van der Waals surface area (Å²) >= 11 is 0. The standard InChI is InChI=1S/C19H30N4O.3ClH/c20-18-7-6-17(14-18)19(24)21-8-9-22-10-12-23(13-11-22)15-16-4-2-1-3-5-16;;;/h1-5,17-18H,6-15,20H2,(H,21,24);3*1H. The molecule has 2 aliphatic rings. The summed E-state index contributed by atoms with van der Waals surface area (Å²) < 4.78 is 0. The third-order valence-electron chi connectivity index (χ3n) is 5.29. The maximum atomic E-state index is 12.1. The molecule has 3 rings (SSSR count). The van der Waals surface area contributed by atoms with Gasteiger partial charge in [-0.2, -0.15) is 0 Å². The zero-order chi connectivity index (χ0) is 16.8. The van der Waals surface area contributed by atoms with Crippen molar-refractivity contribution in [2.45, 2.75) is 31.8 Å². The van der Waals surface area contributed by atoms with E-state index in [9.17, 15) is 4.79 Å². The first-order chi connectivity index (χ1) is 11.7. The third-order valence-corrected chi connectivity index (χ3v) is 5.29. The molecule has 0 radical (unpaired) electrons. The smallest absolute Gasteiger partial charge is 0.223 e. The molecule has 1 aromatic carbocycles. The second kappa shape index (κ2) is 13.6. The number of halogens is 3. The number of amides is 1. The Hall–Kier alpha value is -0.560. The number of benzene rings is 1.